The Hall–Kier alpha value is -2.09. The van der Waals surface area contributed by atoms with Gasteiger partial charge >= 0.3 is 18.0 Å². The Kier molecular flexibility index (Phi) is 6.67. The molecule has 2 amide bonds. The first-order valence-corrected chi connectivity index (χ1v) is 6.61. The number of carbonyl (C=O) groups is 3. The zero-order chi connectivity index (χ0) is 15.8. The highest BCUT2D eigenvalue weighted by atomic mass is 16.5. The molecule has 118 valence electrons. The highest BCUT2D eigenvalue weighted by Crippen LogP contribution is 2.11. The van der Waals surface area contributed by atoms with Crippen molar-refractivity contribution in [3.8, 4) is 0 Å². The zero-order valence-electron chi connectivity index (χ0n) is 11.9. The molecule has 0 radical (unpaired) electrons. The second-order valence-corrected chi connectivity index (χ2v) is 4.76. The van der Waals surface area contributed by atoms with Gasteiger partial charge < -0.3 is 25.2 Å². The number of urea groups is 1. The van der Waals surface area contributed by atoms with Crippen LogP contribution in [-0.4, -0.2) is 65.9 Å². The number of ether oxygens (including phenoxy) is 1. The summed E-state index contributed by atoms with van der Waals surface area (Å²) in [6.45, 7) is 1.38. The van der Waals surface area contributed by atoms with Gasteiger partial charge in [0, 0.05) is 26.6 Å². The largest absolute Gasteiger partial charge is 0.481 e. The average Bonchev–Trinajstić information content (AvgIpc) is 2.43. The first-order chi connectivity index (χ1) is 9.93. The summed E-state index contributed by atoms with van der Waals surface area (Å²) in [4.78, 5) is 34.9. The summed E-state index contributed by atoms with van der Waals surface area (Å²) in [6, 6.07) is -1.70. The smallest absolute Gasteiger partial charge is 0.326 e. The molecule has 0 bridgehead atoms. The molecule has 0 saturated heterocycles. The number of hydrogen-bond acceptors (Lipinski definition) is 4. The Morgan fingerprint density at radius 1 is 1.43 bits per heavy atom. The molecule has 1 heterocycles. The van der Waals surface area contributed by atoms with Crippen LogP contribution >= 0.6 is 0 Å². The molecule has 0 aliphatic carbocycles. The van der Waals surface area contributed by atoms with E-state index in [0.29, 0.717) is 26.1 Å². The number of nitrogens with one attached hydrogen (secondary N) is 1. The van der Waals surface area contributed by atoms with Crippen LogP contribution in [0, 0.1) is 0 Å². The normalized spacial score (nSPS) is 16.0. The lowest BCUT2D eigenvalue weighted by Crippen LogP contribution is -2.49. The van der Waals surface area contributed by atoms with E-state index in [2.05, 4.69) is 5.32 Å². The maximum absolute atomic E-state index is 12.0. The quantitative estimate of drug-likeness (QED) is 0.582. The molecule has 1 rings (SSSR count). The van der Waals surface area contributed by atoms with Gasteiger partial charge in [-0.25, -0.2) is 9.59 Å². The summed E-state index contributed by atoms with van der Waals surface area (Å²) in [7, 11) is 1.60. The standard InChI is InChI=1S/C13H20N2O6/c1-21-8-9-4-6-15(7-5-9)13(20)14-10(12(18)19)2-3-11(16)17/h4,10H,2-3,5-8H2,1H3,(H,14,20)(H,16,17)(H,18,19)/t10-/m0/s1. The summed E-state index contributed by atoms with van der Waals surface area (Å²) >= 11 is 0. The van der Waals surface area contributed by atoms with Gasteiger partial charge in [0.2, 0.25) is 0 Å². The van der Waals surface area contributed by atoms with E-state index in [-0.39, 0.29) is 12.8 Å². The van der Waals surface area contributed by atoms with Crippen LogP contribution in [0.25, 0.3) is 0 Å². The molecule has 0 saturated carbocycles. The van der Waals surface area contributed by atoms with Gasteiger partial charge in [-0.3, -0.25) is 4.79 Å². The lowest BCUT2D eigenvalue weighted by atomic mass is 10.1. The lowest BCUT2D eigenvalue weighted by molar-refractivity contribution is -0.140. The Labute approximate surface area is 122 Å². The van der Waals surface area contributed by atoms with Crippen molar-refractivity contribution in [2.24, 2.45) is 0 Å². The average molecular weight is 300 g/mol. The summed E-state index contributed by atoms with van der Waals surface area (Å²) in [5.41, 5.74) is 1.10. The molecule has 8 heteroatoms. The van der Waals surface area contributed by atoms with E-state index in [9.17, 15) is 14.4 Å². The number of carbonyl (C=O) groups excluding carboxylic acids is 1. The predicted molar refractivity (Wildman–Crippen MR) is 73.0 cm³/mol. The summed E-state index contributed by atoms with van der Waals surface area (Å²) in [6.07, 6.45) is 2.10. The zero-order valence-corrected chi connectivity index (χ0v) is 11.9. The molecule has 0 aromatic heterocycles. The third kappa shape index (κ3) is 5.82. The molecule has 1 aliphatic heterocycles. The maximum atomic E-state index is 12.0. The number of rotatable bonds is 7. The second-order valence-electron chi connectivity index (χ2n) is 4.76. The Morgan fingerprint density at radius 2 is 2.14 bits per heavy atom. The highest BCUT2D eigenvalue weighted by molar-refractivity contribution is 5.83. The van der Waals surface area contributed by atoms with Crippen LogP contribution in [0.1, 0.15) is 19.3 Å². The fraction of sp³-hybridized carbons (Fsp3) is 0.615. The molecule has 1 atom stereocenters. The van der Waals surface area contributed by atoms with Crippen molar-refractivity contribution in [1.82, 2.24) is 10.2 Å². The van der Waals surface area contributed by atoms with E-state index in [1.807, 2.05) is 6.08 Å². The molecule has 0 unspecified atom stereocenters. The van der Waals surface area contributed by atoms with E-state index in [1.165, 1.54) is 4.90 Å². The van der Waals surface area contributed by atoms with Crippen LogP contribution in [0.15, 0.2) is 11.6 Å². The minimum atomic E-state index is -1.24. The maximum Gasteiger partial charge on any atom is 0.326 e. The summed E-state index contributed by atoms with van der Waals surface area (Å²) < 4.78 is 5.01. The molecular formula is C13H20N2O6. The monoisotopic (exact) mass is 300 g/mol. The van der Waals surface area contributed by atoms with Gasteiger partial charge in [-0.05, 0) is 18.4 Å². The highest BCUT2D eigenvalue weighted by Gasteiger charge is 2.24. The topological polar surface area (TPSA) is 116 Å². The first kappa shape index (κ1) is 17.0. The van der Waals surface area contributed by atoms with Crippen molar-refractivity contribution in [2.45, 2.75) is 25.3 Å². The van der Waals surface area contributed by atoms with Crippen LogP contribution in [0.5, 0.6) is 0 Å². The van der Waals surface area contributed by atoms with E-state index >= 15 is 0 Å². The Bertz CT molecular complexity index is 434. The van der Waals surface area contributed by atoms with E-state index < -0.39 is 24.0 Å². The second kappa shape index (κ2) is 8.25. The molecule has 0 aromatic rings. The van der Waals surface area contributed by atoms with Crippen LogP contribution < -0.4 is 5.32 Å². The third-order valence-corrected chi connectivity index (χ3v) is 3.16. The molecule has 0 spiro atoms. The molecule has 1 aliphatic rings. The minimum absolute atomic E-state index is 0.144. The number of methoxy groups -OCH3 is 1. The van der Waals surface area contributed by atoms with Crippen LogP contribution in [0.2, 0.25) is 0 Å². The van der Waals surface area contributed by atoms with E-state index in [4.69, 9.17) is 14.9 Å². The number of carboxylic acid groups (broad SMARTS) is 2. The van der Waals surface area contributed by atoms with E-state index in [1.54, 1.807) is 7.11 Å². The molecule has 3 N–H and O–H groups in total. The molecule has 0 fully saturated rings. The Morgan fingerprint density at radius 3 is 2.62 bits per heavy atom. The van der Waals surface area contributed by atoms with Crippen molar-refractivity contribution in [3.63, 3.8) is 0 Å². The summed E-state index contributed by atoms with van der Waals surface area (Å²) in [5.74, 6) is -2.34. The SMILES string of the molecule is COCC1=CCN(C(=O)N[C@@H](CCC(=O)O)C(=O)O)CC1. The van der Waals surface area contributed by atoms with Crippen molar-refractivity contribution in [2.75, 3.05) is 26.8 Å². The van der Waals surface area contributed by atoms with E-state index in [0.717, 1.165) is 5.57 Å². The number of amides is 2. The number of nitrogens with zero attached hydrogens (tertiary/aromatic N) is 1. The van der Waals surface area contributed by atoms with Gasteiger partial charge in [-0.15, -0.1) is 0 Å². The van der Waals surface area contributed by atoms with Gasteiger partial charge in [0.1, 0.15) is 6.04 Å². The molecular weight excluding hydrogens is 280 g/mol. The molecule has 8 nitrogen and oxygen atoms in total. The first-order valence-electron chi connectivity index (χ1n) is 6.61. The fourth-order valence-corrected chi connectivity index (χ4v) is 1.98. The van der Waals surface area contributed by atoms with Gasteiger partial charge in [0.25, 0.3) is 0 Å². The van der Waals surface area contributed by atoms with Gasteiger partial charge in [0.05, 0.1) is 6.61 Å². The third-order valence-electron chi connectivity index (χ3n) is 3.16. The number of hydrogen-bond donors (Lipinski definition) is 3. The summed E-state index contributed by atoms with van der Waals surface area (Å²) in [5, 5.41) is 19.9. The minimum Gasteiger partial charge on any atom is -0.481 e. The van der Waals surface area contributed by atoms with Crippen molar-refractivity contribution < 1.29 is 29.3 Å². The van der Waals surface area contributed by atoms with Crippen LogP contribution in [0.3, 0.4) is 0 Å². The van der Waals surface area contributed by atoms with Gasteiger partial charge in [-0.1, -0.05) is 6.08 Å². The van der Waals surface area contributed by atoms with Gasteiger partial charge in [-0.2, -0.15) is 0 Å². The predicted octanol–water partition coefficient (Wildman–Crippen LogP) is 0.293. The van der Waals surface area contributed by atoms with Crippen LogP contribution in [0.4, 0.5) is 4.79 Å². The van der Waals surface area contributed by atoms with Crippen molar-refractivity contribution in [1.29, 1.82) is 0 Å². The number of carboxylic acids is 2. The van der Waals surface area contributed by atoms with Crippen LogP contribution in [-0.2, 0) is 14.3 Å². The molecule has 0 aromatic carbocycles. The lowest BCUT2D eigenvalue weighted by Gasteiger charge is -2.28. The fourth-order valence-electron chi connectivity index (χ4n) is 1.98. The Balaban J connectivity index is 2.51. The molecule has 21 heavy (non-hydrogen) atoms. The van der Waals surface area contributed by atoms with Crippen molar-refractivity contribution in [3.05, 3.63) is 11.6 Å². The van der Waals surface area contributed by atoms with Gasteiger partial charge in [0.15, 0.2) is 0 Å². The van der Waals surface area contributed by atoms with Crippen molar-refractivity contribution >= 4 is 18.0 Å². The number of aliphatic carboxylic acids is 2.